The topological polar surface area (TPSA) is 111 Å². The number of hydrogen-bond acceptors (Lipinski definition) is 6. The number of sulfonamides is 1. The summed E-state index contributed by atoms with van der Waals surface area (Å²) in [6.07, 6.45) is 0. The lowest BCUT2D eigenvalue weighted by Crippen LogP contribution is -2.18. The second-order valence-corrected chi connectivity index (χ2v) is 13.6. The van der Waals surface area contributed by atoms with Crippen molar-refractivity contribution in [2.24, 2.45) is 0 Å². The highest BCUT2D eigenvalue weighted by molar-refractivity contribution is 7.93. The SMILES string of the molecule is O=S(=O)(Nc1c(S(=O)(=O)c2ccccc2)c2nc3ccccc3nc2n1Cc1ccccc1)c1ccc2ccccc2c1. The Morgan fingerprint density at radius 2 is 1.21 bits per heavy atom. The van der Waals surface area contributed by atoms with Gasteiger partial charge in [-0.05, 0) is 52.7 Å². The Morgan fingerprint density at radius 3 is 1.93 bits per heavy atom. The number of fused-ring (bicyclic) bond motifs is 3. The van der Waals surface area contributed by atoms with Gasteiger partial charge in [0.2, 0.25) is 9.84 Å². The van der Waals surface area contributed by atoms with Crippen LogP contribution in [0.5, 0.6) is 0 Å². The number of nitrogens with zero attached hydrogens (tertiary/aromatic N) is 3. The Balaban J connectivity index is 1.53. The van der Waals surface area contributed by atoms with Gasteiger partial charge in [-0.2, -0.15) is 0 Å². The van der Waals surface area contributed by atoms with Crippen LogP contribution in [0.15, 0.2) is 142 Å². The summed E-state index contributed by atoms with van der Waals surface area (Å²) in [5, 5.41) is 1.62. The van der Waals surface area contributed by atoms with Crippen molar-refractivity contribution >= 4 is 58.6 Å². The summed E-state index contributed by atoms with van der Waals surface area (Å²) in [5.74, 6) is -0.133. The van der Waals surface area contributed by atoms with E-state index in [2.05, 4.69) is 4.72 Å². The van der Waals surface area contributed by atoms with Crippen LogP contribution >= 0.6 is 0 Å². The molecule has 0 radical (unpaired) electrons. The number of benzene rings is 5. The highest BCUT2D eigenvalue weighted by Crippen LogP contribution is 2.38. The minimum atomic E-state index is -4.28. The average molecular weight is 605 g/mol. The first-order chi connectivity index (χ1) is 20.8. The monoisotopic (exact) mass is 604 g/mol. The van der Waals surface area contributed by atoms with Crippen LogP contribution in [0.25, 0.3) is 33.0 Å². The van der Waals surface area contributed by atoms with Crippen LogP contribution in [-0.2, 0) is 26.4 Å². The highest BCUT2D eigenvalue weighted by atomic mass is 32.2. The molecule has 2 aromatic heterocycles. The number of aromatic nitrogens is 3. The first kappa shape index (κ1) is 26.8. The van der Waals surface area contributed by atoms with Crippen LogP contribution in [0.4, 0.5) is 5.82 Å². The molecule has 0 fully saturated rings. The van der Waals surface area contributed by atoms with Crippen molar-refractivity contribution in [3.05, 3.63) is 133 Å². The second kappa shape index (κ2) is 10.3. The van der Waals surface area contributed by atoms with Crippen molar-refractivity contribution in [3.8, 4) is 0 Å². The molecule has 7 rings (SSSR count). The largest absolute Gasteiger partial charge is 0.305 e. The molecule has 0 aliphatic rings. The Bertz CT molecular complexity index is 2370. The maximum Gasteiger partial charge on any atom is 0.263 e. The second-order valence-electron chi connectivity index (χ2n) is 10.1. The molecule has 1 N–H and O–H groups in total. The molecule has 0 aliphatic carbocycles. The molecule has 0 spiro atoms. The van der Waals surface area contributed by atoms with Gasteiger partial charge in [0.1, 0.15) is 16.2 Å². The van der Waals surface area contributed by atoms with Crippen LogP contribution in [-0.4, -0.2) is 31.4 Å². The number of rotatable bonds is 7. The van der Waals surface area contributed by atoms with Gasteiger partial charge in [-0.15, -0.1) is 0 Å². The van der Waals surface area contributed by atoms with Crippen molar-refractivity contribution in [2.75, 3.05) is 4.72 Å². The van der Waals surface area contributed by atoms with Gasteiger partial charge in [-0.1, -0.05) is 91.0 Å². The third-order valence-corrected chi connectivity index (χ3v) is 10.4. The summed E-state index contributed by atoms with van der Waals surface area (Å²) in [7, 11) is -8.55. The van der Waals surface area contributed by atoms with Gasteiger partial charge in [0, 0.05) is 0 Å². The normalized spacial score (nSPS) is 12.2. The number of hydrogen-bond donors (Lipinski definition) is 1. The maximum atomic E-state index is 14.4. The minimum absolute atomic E-state index is 0.00291. The fourth-order valence-corrected chi connectivity index (χ4v) is 7.92. The van der Waals surface area contributed by atoms with Gasteiger partial charge < -0.3 is 4.57 Å². The molecule has 0 saturated carbocycles. The van der Waals surface area contributed by atoms with Crippen molar-refractivity contribution in [2.45, 2.75) is 21.2 Å². The Kier molecular flexibility index (Phi) is 6.45. The van der Waals surface area contributed by atoms with Crippen molar-refractivity contribution in [1.82, 2.24) is 14.5 Å². The Labute approximate surface area is 248 Å². The molecule has 0 unspecified atom stereocenters. The summed E-state index contributed by atoms with van der Waals surface area (Å²) >= 11 is 0. The molecule has 10 heteroatoms. The summed E-state index contributed by atoms with van der Waals surface area (Å²) in [5.41, 5.74) is 2.18. The number of sulfone groups is 1. The van der Waals surface area contributed by atoms with E-state index in [1.807, 2.05) is 60.7 Å². The quantitative estimate of drug-likeness (QED) is 0.225. The van der Waals surface area contributed by atoms with Crippen LogP contribution in [0.1, 0.15) is 5.56 Å². The zero-order valence-corrected chi connectivity index (χ0v) is 24.3. The van der Waals surface area contributed by atoms with E-state index in [4.69, 9.17) is 9.97 Å². The van der Waals surface area contributed by atoms with Crippen molar-refractivity contribution < 1.29 is 16.8 Å². The van der Waals surface area contributed by atoms with E-state index in [1.165, 1.54) is 18.2 Å². The van der Waals surface area contributed by atoms with Crippen LogP contribution in [0.2, 0.25) is 0 Å². The van der Waals surface area contributed by atoms with Crippen LogP contribution in [0.3, 0.4) is 0 Å². The minimum Gasteiger partial charge on any atom is -0.305 e. The van der Waals surface area contributed by atoms with Gasteiger partial charge >= 0.3 is 0 Å². The third kappa shape index (κ3) is 4.80. The molecular weight excluding hydrogens is 581 g/mol. The molecule has 2 heterocycles. The lowest BCUT2D eigenvalue weighted by atomic mass is 10.1. The molecule has 43 heavy (non-hydrogen) atoms. The molecule has 212 valence electrons. The van der Waals surface area contributed by atoms with E-state index in [9.17, 15) is 16.8 Å². The van der Waals surface area contributed by atoms with Gasteiger partial charge in [0.15, 0.2) is 5.65 Å². The van der Waals surface area contributed by atoms with E-state index >= 15 is 0 Å². The Hall–Kier alpha value is -5.06. The summed E-state index contributed by atoms with van der Waals surface area (Å²) in [6, 6.07) is 36.6. The molecule has 8 nitrogen and oxygen atoms in total. The molecule has 0 aliphatic heterocycles. The molecule has 0 bridgehead atoms. The highest BCUT2D eigenvalue weighted by Gasteiger charge is 2.33. The fraction of sp³-hybridized carbons (Fsp3) is 0.0303. The number of anilines is 1. The van der Waals surface area contributed by atoms with Crippen molar-refractivity contribution in [3.63, 3.8) is 0 Å². The number of para-hydroxylation sites is 2. The van der Waals surface area contributed by atoms with E-state index in [0.717, 1.165) is 16.3 Å². The molecule has 0 amide bonds. The standard InChI is InChI=1S/C33H24N4O4S2/c38-42(39,26-15-5-2-6-16-26)31-30-32(35-29-18-10-9-17-28(29)34-30)37(22-23-11-3-1-4-12-23)33(31)36-43(40,41)27-20-19-24-13-7-8-14-25(24)21-27/h1-21,36H,22H2. The summed E-state index contributed by atoms with van der Waals surface area (Å²) in [6.45, 7) is 0.143. The zero-order chi connectivity index (χ0) is 29.6. The fourth-order valence-electron chi connectivity index (χ4n) is 5.19. The van der Waals surface area contributed by atoms with Gasteiger partial charge in [0.05, 0.1) is 27.4 Å². The van der Waals surface area contributed by atoms with Crippen LogP contribution in [0, 0.1) is 0 Å². The maximum absolute atomic E-state index is 14.4. The van der Waals surface area contributed by atoms with Gasteiger partial charge in [-0.25, -0.2) is 26.8 Å². The van der Waals surface area contributed by atoms with Crippen molar-refractivity contribution in [1.29, 1.82) is 0 Å². The molecule has 5 aromatic carbocycles. The smallest absolute Gasteiger partial charge is 0.263 e. The third-order valence-electron chi connectivity index (χ3n) is 7.28. The molecular formula is C33H24N4O4S2. The summed E-state index contributed by atoms with van der Waals surface area (Å²) < 4.78 is 61.0. The van der Waals surface area contributed by atoms with Gasteiger partial charge in [0.25, 0.3) is 10.0 Å². The predicted molar refractivity (Wildman–Crippen MR) is 167 cm³/mol. The van der Waals surface area contributed by atoms with Gasteiger partial charge in [-0.3, -0.25) is 4.72 Å². The van der Waals surface area contributed by atoms with E-state index in [1.54, 1.807) is 53.1 Å². The molecule has 7 aromatic rings. The first-order valence-electron chi connectivity index (χ1n) is 13.5. The lowest BCUT2D eigenvalue weighted by Gasteiger charge is -2.15. The van der Waals surface area contributed by atoms with E-state index < -0.39 is 19.9 Å². The average Bonchev–Trinajstić information content (AvgIpc) is 3.31. The number of nitrogens with one attached hydrogen (secondary N) is 1. The zero-order valence-electron chi connectivity index (χ0n) is 22.6. The molecule has 0 saturated heterocycles. The predicted octanol–water partition coefficient (Wildman–Crippen LogP) is 6.42. The Morgan fingerprint density at radius 1 is 0.605 bits per heavy atom. The molecule has 0 atom stereocenters. The van der Waals surface area contributed by atoms with E-state index in [0.29, 0.717) is 11.0 Å². The lowest BCUT2D eigenvalue weighted by molar-refractivity contribution is 0.596. The summed E-state index contributed by atoms with van der Waals surface area (Å²) in [4.78, 5) is 9.29. The first-order valence-corrected chi connectivity index (χ1v) is 16.4. The van der Waals surface area contributed by atoms with E-state index in [-0.39, 0.29) is 38.2 Å². The van der Waals surface area contributed by atoms with Crippen LogP contribution < -0.4 is 4.72 Å².